The Kier molecular flexibility index (Phi) is 6.82. The van der Waals surface area contributed by atoms with Crippen LogP contribution in [0.5, 0.6) is 0 Å². The lowest BCUT2D eigenvalue weighted by atomic mass is 10.1. The molecule has 1 aromatic heterocycles. The molecule has 0 aliphatic heterocycles. The number of nitrogens with zero attached hydrogens (tertiary/aromatic N) is 1. The van der Waals surface area contributed by atoms with Gasteiger partial charge in [-0.3, -0.25) is 4.79 Å². The molecular weight excluding hydrogens is 378 g/mol. The smallest absolute Gasteiger partial charge is 0.338 e. The van der Waals surface area contributed by atoms with Crippen molar-refractivity contribution in [2.45, 2.75) is 45.6 Å². The van der Waals surface area contributed by atoms with Crippen LogP contribution in [-0.2, 0) is 21.1 Å². The summed E-state index contributed by atoms with van der Waals surface area (Å²) in [5, 5.41) is 0. The molecule has 0 aliphatic rings. The summed E-state index contributed by atoms with van der Waals surface area (Å²) in [7, 11) is -3.33. The zero-order valence-corrected chi connectivity index (χ0v) is 17.8. The zero-order chi connectivity index (χ0) is 21.1. The Morgan fingerprint density at radius 3 is 2.25 bits per heavy atom. The minimum Gasteiger partial charge on any atom is -0.454 e. The lowest BCUT2D eigenvalue weighted by Gasteiger charge is -2.11. The Bertz CT molecular complexity index is 969. The number of sulfone groups is 1. The molecule has 2 rings (SSSR count). The second-order valence-electron chi connectivity index (χ2n) is 7.41. The van der Waals surface area contributed by atoms with Crippen LogP contribution in [0.15, 0.2) is 35.2 Å². The topological polar surface area (TPSA) is 82.4 Å². The van der Waals surface area contributed by atoms with Gasteiger partial charge in [-0.1, -0.05) is 13.8 Å². The average molecular weight is 406 g/mol. The lowest BCUT2D eigenvalue weighted by Crippen LogP contribution is -2.15. The number of esters is 1. The molecule has 1 aromatic carbocycles. The summed E-state index contributed by atoms with van der Waals surface area (Å²) in [6.45, 7) is 8.65. The van der Waals surface area contributed by atoms with E-state index in [1.54, 1.807) is 0 Å². The van der Waals surface area contributed by atoms with E-state index in [2.05, 4.69) is 18.4 Å². The number of ether oxygens (including phenoxy) is 1. The molecule has 1 heterocycles. The molecule has 0 fully saturated rings. The van der Waals surface area contributed by atoms with Gasteiger partial charge in [0.05, 0.1) is 10.5 Å². The maximum absolute atomic E-state index is 12.5. The van der Waals surface area contributed by atoms with Crippen molar-refractivity contribution in [3.8, 4) is 0 Å². The van der Waals surface area contributed by atoms with E-state index in [0.29, 0.717) is 11.5 Å². The van der Waals surface area contributed by atoms with E-state index in [1.807, 2.05) is 19.9 Å². The lowest BCUT2D eigenvalue weighted by molar-refractivity contribution is 0.0474. The van der Waals surface area contributed by atoms with Crippen LogP contribution in [0, 0.1) is 19.8 Å². The number of rotatable bonds is 8. The van der Waals surface area contributed by atoms with E-state index >= 15 is 0 Å². The minimum absolute atomic E-state index is 0.119. The first kappa shape index (κ1) is 21.9. The van der Waals surface area contributed by atoms with Crippen molar-refractivity contribution in [3.63, 3.8) is 0 Å². The number of carbonyl (C=O) groups excluding carboxylic acids is 2. The summed E-state index contributed by atoms with van der Waals surface area (Å²) in [4.78, 5) is 24.8. The fourth-order valence-electron chi connectivity index (χ4n) is 2.95. The summed E-state index contributed by atoms with van der Waals surface area (Å²) in [5.74, 6) is -0.359. The predicted octanol–water partition coefficient (Wildman–Crippen LogP) is 3.59. The van der Waals surface area contributed by atoms with E-state index in [9.17, 15) is 18.0 Å². The van der Waals surface area contributed by atoms with Crippen molar-refractivity contribution in [1.82, 2.24) is 4.57 Å². The largest absolute Gasteiger partial charge is 0.454 e. The molecule has 0 saturated carbocycles. The summed E-state index contributed by atoms with van der Waals surface area (Å²) in [5.41, 5.74) is 2.63. The molecule has 0 saturated heterocycles. The standard InChI is InChI=1S/C21H27NO5S/c1-14(2)10-11-22-15(3)12-19(16(22)4)20(23)13-27-21(24)17-6-8-18(9-7-17)28(5,25)26/h6-9,12,14H,10-11,13H2,1-5H3. The van der Waals surface area contributed by atoms with Crippen LogP contribution in [0.2, 0.25) is 0 Å². The fraction of sp³-hybridized carbons (Fsp3) is 0.429. The second kappa shape index (κ2) is 8.73. The van der Waals surface area contributed by atoms with Gasteiger partial charge in [0.25, 0.3) is 0 Å². The van der Waals surface area contributed by atoms with Crippen LogP contribution in [0.1, 0.15) is 52.4 Å². The highest BCUT2D eigenvalue weighted by atomic mass is 32.2. The van der Waals surface area contributed by atoms with E-state index < -0.39 is 15.8 Å². The number of hydrogen-bond donors (Lipinski definition) is 0. The van der Waals surface area contributed by atoms with Gasteiger partial charge in [-0.25, -0.2) is 13.2 Å². The quantitative estimate of drug-likeness (QED) is 0.495. The summed E-state index contributed by atoms with van der Waals surface area (Å²) in [6.07, 6.45) is 2.11. The van der Waals surface area contributed by atoms with Gasteiger partial charge in [0, 0.05) is 29.8 Å². The number of ketones is 1. The highest BCUT2D eigenvalue weighted by molar-refractivity contribution is 7.90. The molecule has 0 aliphatic carbocycles. The Morgan fingerprint density at radius 2 is 1.71 bits per heavy atom. The van der Waals surface area contributed by atoms with Crippen LogP contribution in [0.3, 0.4) is 0 Å². The number of benzene rings is 1. The Labute approximate surface area is 166 Å². The van der Waals surface area contributed by atoms with Crippen molar-refractivity contribution < 1.29 is 22.7 Å². The number of Topliss-reactive ketones (excluding diaryl/α,β-unsaturated/α-hetero) is 1. The average Bonchev–Trinajstić information content (AvgIpc) is 2.91. The molecule has 0 spiro atoms. The normalized spacial score (nSPS) is 11.6. The summed E-state index contributed by atoms with van der Waals surface area (Å²) in [6, 6.07) is 7.26. The van der Waals surface area contributed by atoms with Gasteiger partial charge in [0.15, 0.2) is 16.4 Å². The first-order valence-corrected chi connectivity index (χ1v) is 11.1. The molecule has 0 atom stereocenters. The molecule has 2 aromatic rings. The van der Waals surface area contributed by atoms with Gasteiger partial charge in [0.2, 0.25) is 5.78 Å². The third-order valence-electron chi connectivity index (χ3n) is 4.66. The van der Waals surface area contributed by atoms with Crippen molar-refractivity contribution in [1.29, 1.82) is 0 Å². The van der Waals surface area contributed by atoms with Crippen molar-refractivity contribution in [3.05, 3.63) is 52.8 Å². The van der Waals surface area contributed by atoms with Gasteiger partial charge in [0.1, 0.15) is 0 Å². The molecule has 152 valence electrons. The Hall–Kier alpha value is -2.41. The molecule has 7 heteroatoms. The molecule has 0 bridgehead atoms. The number of hydrogen-bond acceptors (Lipinski definition) is 5. The SMILES string of the molecule is Cc1cc(C(=O)COC(=O)c2ccc(S(C)(=O)=O)cc2)c(C)n1CCC(C)C. The van der Waals surface area contributed by atoms with Crippen molar-refractivity contribution >= 4 is 21.6 Å². The van der Waals surface area contributed by atoms with Crippen molar-refractivity contribution in [2.75, 3.05) is 12.9 Å². The Balaban J connectivity index is 2.04. The van der Waals surface area contributed by atoms with E-state index in [-0.39, 0.29) is 22.8 Å². The van der Waals surface area contributed by atoms with E-state index in [1.165, 1.54) is 24.3 Å². The molecular formula is C21H27NO5S. The van der Waals surface area contributed by atoms with Crippen LogP contribution in [0.25, 0.3) is 0 Å². The second-order valence-corrected chi connectivity index (χ2v) is 9.43. The van der Waals surface area contributed by atoms with Crippen LogP contribution >= 0.6 is 0 Å². The van der Waals surface area contributed by atoms with Crippen LogP contribution in [0.4, 0.5) is 0 Å². The molecule has 0 N–H and O–H groups in total. The highest BCUT2D eigenvalue weighted by Crippen LogP contribution is 2.18. The van der Waals surface area contributed by atoms with E-state index in [0.717, 1.165) is 30.6 Å². The predicted molar refractivity (Wildman–Crippen MR) is 108 cm³/mol. The molecule has 0 radical (unpaired) electrons. The van der Waals surface area contributed by atoms with Crippen LogP contribution < -0.4 is 0 Å². The monoisotopic (exact) mass is 405 g/mol. The van der Waals surface area contributed by atoms with Gasteiger partial charge in [-0.2, -0.15) is 0 Å². The van der Waals surface area contributed by atoms with Crippen LogP contribution in [-0.4, -0.2) is 37.6 Å². The summed E-state index contributed by atoms with van der Waals surface area (Å²) >= 11 is 0. The van der Waals surface area contributed by atoms with Crippen molar-refractivity contribution in [2.24, 2.45) is 5.92 Å². The highest BCUT2D eigenvalue weighted by Gasteiger charge is 2.18. The number of carbonyl (C=O) groups is 2. The number of aromatic nitrogens is 1. The first-order chi connectivity index (χ1) is 13.0. The minimum atomic E-state index is -3.33. The maximum Gasteiger partial charge on any atom is 0.338 e. The molecule has 28 heavy (non-hydrogen) atoms. The summed E-state index contributed by atoms with van der Waals surface area (Å²) < 4.78 is 30.2. The molecule has 6 nitrogen and oxygen atoms in total. The van der Waals surface area contributed by atoms with E-state index in [4.69, 9.17) is 4.74 Å². The van der Waals surface area contributed by atoms with Gasteiger partial charge >= 0.3 is 5.97 Å². The molecule has 0 amide bonds. The van der Waals surface area contributed by atoms with Gasteiger partial charge < -0.3 is 9.30 Å². The molecule has 0 unspecified atom stereocenters. The van der Waals surface area contributed by atoms with Gasteiger partial charge in [-0.15, -0.1) is 0 Å². The third kappa shape index (κ3) is 5.32. The zero-order valence-electron chi connectivity index (χ0n) is 17.0. The third-order valence-corrected chi connectivity index (χ3v) is 5.79. The number of aryl methyl sites for hydroxylation is 1. The Morgan fingerprint density at radius 1 is 1.11 bits per heavy atom. The fourth-order valence-corrected chi connectivity index (χ4v) is 3.58. The first-order valence-electron chi connectivity index (χ1n) is 9.18. The van der Waals surface area contributed by atoms with Gasteiger partial charge in [-0.05, 0) is 56.5 Å². The maximum atomic E-state index is 12.5.